The molecule has 0 saturated carbocycles. The number of pyridine rings is 1. The SMILES string of the molecule is CC#CC(=O)N1CCC(c2nc(-c3ccc(C(=O)Nc4cc(C#N)ccn4)c(Cl)c3)n3c(N)nccc23)C1. The van der Waals surface area contributed by atoms with Crippen molar-refractivity contribution in [3.8, 4) is 29.3 Å². The third-order valence-electron chi connectivity index (χ3n) is 6.31. The van der Waals surface area contributed by atoms with Crippen LogP contribution in [-0.2, 0) is 4.79 Å². The number of nitrogens with one attached hydrogen (secondary N) is 1. The van der Waals surface area contributed by atoms with Gasteiger partial charge in [0.25, 0.3) is 11.8 Å². The number of imidazole rings is 1. The summed E-state index contributed by atoms with van der Waals surface area (Å²) in [6.45, 7) is 2.73. The lowest BCUT2D eigenvalue weighted by atomic mass is 10.0. The maximum Gasteiger partial charge on any atom is 0.298 e. The van der Waals surface area contributed by atoms with Crippen molar-refractivity contribution in [2.45, 2.75) is 19.3 Å². The smallest absolute Gasteiger partial charge is 0.298 e. The van der Waals surface area contributed by atoms with E-state index in [1.165, 1.54) is 12.3 Å². The Morgan fingerprint density at radius 1 is 1.18 bits per heavy atom. The minimum Gasteiger partial charge on any atom is -0.369 e. The van der Waals surface area contributed by atoms with E-state index in [9.17, 15) is 9.59 Å². The minimum absolute atomic E-state index is 0.000327. The van der Waals surface area contributed by atoms with Crippen LogP contribution in [0.3, 0.4) is 0 Å². The Kier molecular flexibility index (Phi) is 6.65. The molecule has 1 aliphatic rings. The number of aromatic nitrogens is 4. The van der Waals surface area contributed by atoms with Crippen LogP contribution in [0.1, 0.15) is 40.9 Å². The number of carbonyl (C=O) groups is 2. The fourth-order valence-electron chi connectivity index (χ4n) is 4.52. The average Bonchev–Trinajstić information content (AvgIpc) is 3.55. The highest BCUT2D eigenvalue weighted by Gasteiger charge is 2.31. The number of nitrogen functional groups attached to an aromatic ring is 1. The highest BCUT2D eigenvalue weighted by atomic mass is 35.5. The van der Waals surface area contributed by atoms with Gasteiger partial charge >= 0.3 is 0 Å². The van der Waals surface area contributed by atoms with Crippen molar-refractivity contribution in [2.75, 3.05) is 24.1 Å². The molecule has 1 saturated heterocycles. The first kappa shape index (κ1) is 24.8. The molecule has 4 heterocycles. The maximum atomic E-state index is 12.8. The predicted octanol–water partition coefficient (Wildman–Crippen LogP) is 3.49. The summed E-state index contributed by atoms with van der Waals surface area (Å²) in [7, 11) is 0. The number of likely N-dealkylation sites (tertiary alicyclic amines) is 1. The third kappa shape index (κ3) is 4.61. The van der Waals surface area contributed by atoms with Crippen molar-refractivity contribution in [1.29, 1.82) is 5.26 Å². The number of nitrogens with two attached hydrogens (primary N) is 1. The van der Waals surface area contributed by atoms with Crippen molar-refractivity contribution in [3.05, 3.63) is 70.6 Å². The molecule has 0 bridgehead atoms. The summed E-state index contributed by atoms with van der Waals surface area (Å²) in [6, 6.07) is 11.8. The molecule has 1 aliphatic heterocycles. The van der Waals surface area contributed by atoms with Gasteiger partial charge in [-0.2, -0.15) is 5.26 Å². The van der Waals surface area contributed by atoms with Crippen LogP contribution in [0.2, 0.25) is 5.02 Å². The Hall–Kier alpha value is -4.93. The molecular formula is C27H21ClN8O2. The van der Waals surface area contributed by atoms with Gasteiger partial charge in [0.2, 0.25) is 5.95 Å². The second-order valence-corrected chi connectivity index (χ2v) is 9.05. The molecule has 0 aliphatic carbocycles. The summed E-state index contributed by atoms with van der Waals surface area (Å²) in [5, 5.41) is 11.9. The molecule has 1 atom stereocenters. The Morgan fingerprint density at radius 3 is 2.76 bits per heavy atom. The largest absolute Gasteiger partial charge is 0.369 e. The molecule has 10 nitrogen and oxygen atoms in total. The third-order valence-corrected chi connectivity index (χ3v) is 6.62. The van der Waals surface area contributed by atoms with E-state index >= 15 is 0 Å². The minimum atomic E-state index is -0.468. The number of hydrogen-bond donors (Lipinski definition) is 2. The second-order valence-electron chi connectivity index (χ2n) is 8.65. The van der Waals surface area contributed by atoms with Crippen molar-refractivity contribution >= 4 is 40.7 Å². The molecule has 3 N–H and O–H groups in total. The van der Waals surface area contributed by atoms with E-state index in [4.69, 9.17) is 27.6 Å². The summed E-state index contributed by atoms with van der Waals surface area (Å²) in [5.74, 6) is 5.60. The van der Waals surface area contributed by atoms with Crippen LogP contribution in [-0.4, -0.2) is 49.2 Å². The number of benzene rings is 1. The van der Waals surface area contributed by atoms with Crippen LogP contribution in [0, 0.1) is 23.2 Å². The van der Waals surface area contributed by atoms with Crippen LogP contribution in [0.4, 0.5) is 11.8 Å². The van der Waals surface area contributed by atoms with E-state index in [0.717, 1.165) is 17.6 Å². The van der Waals surface area contributed by atoms with Gasteiger partial charge in [-0.15, -0.1) is 0 Å². The van der Waals surface area contributed by atoms with Crippen molar-refractivity contribution < 1.29 is 9.59 Å². The van der Waals surface area contributed by atoms with Gasteiger partial charge in [0.15, 0.2) is 0 Å². The number of fused-ring (bicyclic) bond motifs is 1. The summed E-state index contributed by atoms with van der Waals surface area (Å²) < 4.78 is 1.74. The van der Waals surface area contributed by atoms with Crippen LogP contribution in [0.15, 0.2) is 48.8 Å². The summed E-state index contributed by atoms with van der Waals surface area (Å²) in [6.07, 6.45) is 3.80. The van der Waals surface area contributed by atoms with Gasteiger partial charge in [0.05, 0.1) is 33.4 Å². The van der Waals surface area contributed by atoms with Gasteiger partial charge in [-0.3, -0.25) is 14.0 Å². The zero-order chi connectivity index (χ0) is 26.8. The molecule has 38 heavy (non-hydrogen) atoms. The van der Waals surface area contributed by atoms with E-state index in [0.29, 0.717) is 30.0 Å². The molecule has 11 heteroatoms. The lowest BCUT2D eigenvalue weighted by Gasteiger charge is -2.12. The quantitative estimate of drug-likeness (QED) is 0.389. The second kappa shape index (κ2) is 10.2. The number of nitrogens with zero attached hydrogens (tertiary/aromatic N) is 6. The fraction of sp³-hybridized carbons (Fsp3) is 0.185. The topological polar surface area (TPSA) is 142 Å². The molecule has 5 rings (SSSR count). The van der Waals surface area contributed by atoms with Gasteiger partial charge < -0.3 is 16.0 Å². The molecular weight excluding hydrogens is 504 g/mol. The van der Waals surface area contributed by atoms with E-state index < -0.39 is 5.91 Å². The number of hydrogen-bond acceptors (Lipinski definition) is 7. The molecule has 188 valence electrons. The zero-order valence-corrected chi connectivity index (χ0v) is 21.0. The monoisotopic (exact) mass is 524 g/mol. The average molecular weight is 525 g/mol. The summed E-state index contributed by atoms with van der Waals surface area (Å²) >= 11 is 6.53. The van der Waals surface area contributed by atoms with Gasteiger partial charge in [0, 0.05) is 37.0 Å². The number of anilines is 2. The fourth-order valence-corrected chi connectivity index (χ4v) is 4.79. The van der Waals surface area contributed by atoms with E-state index in [2.05, 4.69) is 27.1 Å². The number of amides is 2. The highest BCUT2D eigenvalue weighted by molar-refractivity contribution is 6.34. The van der Waals surface area contributed by atoms with Gasteiger partial charge in [-0.1, -0.05) is 23.6 Å². The predicted molar refractivity (Wildman–Crippen MR) is 142 cm³/mol. The molecule has 0 radical (unpaired) electrons. The Labute approximate surface area is 223 Å². The van der Waals surface area contributed by atoms with Crippen molar-refractivity contribution in [1.82, 2.24) is 24.3 Å². The molecule has 4 aromatic rings. The maximum absolute atomic E-state index is 12.8. The zero-order valence-electron chi connectivity index (χ0n) is 20.3. The first-order valence-electron chi connectivity index (χ1n) is 11.7. The summed E-state index contributed by atoms with van der Waals surface area (Å²) in [4.78, 5) is 40.0. The normalized spacial score (nSPS) is 14.6. The van der Waals surface area contributed by atoms with Crippen LogP contribution >= 0.6 is 11.6 Å². The van der Waals surface area contributed by atoms with E-state index in [1.807, 2.05) is 12.1 Å². The van der Waals surface area contributed by atoms with Crippen LogP contribution in [0.25, 0.3) is 16.9 Å². The van der Waals surface area contributed by atoms with E-state index in [1.54, 1.807) is 46.7 Å². The molecule has 1 aromatic carbocycles. The lowest BCUT2D eigenvalue weighted by molar-refractivity contribution is -0.124. The first-order chi connectivity index (χ1) is 18.4. The van der Waals surface area contributed by atoms with Crippen molar-refractivity contribution in [2.24, 2.45) is 0 Å². The number of nitriles is 1. The Bertz CT molecular complexity index is 1690. The number of halogens is 1. The number of rotatable bonds is 4. The molecule has 1 unspecified atom stereocenters. The molecule has 3 aromatic heterocycles. The van der Waals surface area contributed by atoms with Crippen LogP contribution in [0.5, 0.6) is 0 Å². The van der Waals surface area contributed by atoms with Gasteiger partial charge in [-0.25, -0.2) is 15.0 Å². The van der Waals surface area contributed by atoms with Gasteiger partial charge in [-0.05, 0) is 49.6 Å². The number of carbonyl (C=O) groups excluding carboxylic acids is 2. The van der Waals surface area contributed by atoms with Gasteiger partial charge in [0.1, 0.15) is 11.6 Å². The van der Waals surface area contributed by atoms with E-state index in [-0.39, 0.29) is 34.2 Å². The molecule has 1 fully saturated rings. The Balaban J connectivity index is 1.47. The molecule has 0 spiro atoms. The highest BCUT2D eigenvalue weighted by Crippen LogP contribution is 2.35. The Morgan fingerprint density at radius 2 is 2.00 bits per heavy atom. The molecule has 2 amide bonds. The summed E-state index contributed by atoms with van der Waals surface area (Å²) in [5.41, 5.74) is 9.08. The van der Waals surface area contributed by atoms with Crippen LogP contribution < -0.4 is 11.1 Å². The first-order valence-corrected chi connectivity index (χ1v) is 12.1. The standard InChI is InChI=1S/C27H21ClN8O2/c1-2-3-23(37)35-11-8-18(15-35)24-21-7-10-32-27(30)36(21)25(34-24)17-4-5-19(20(28)13-17)26(38)33-22-12-16(14-29)6-9-31-22/h4-7,9-10,12-13,18H,8,11,15H2,1H3,(H2,30,32)(H,31,33,38). The van der Waals surface area contributed by atoms with Crippen molar-refractivity contribution in [3.63, 3.8) is 0 Å². The lowest BCUT2D eigenvalue weighted by Crippen LogP contribution is -2.26.